The van der Waals surface area contributed by atoms with E-state index in [4.69, 9.17) is 9.05 Å². The zero-order chi connectivity index (χ0) is 45.7. The molecule has 0 rings (SSSR count). The van der Waals surface area contributed by atoms with Crippen LogP contribution in [0.25, 0.3) is 0 Å². The van der Waals surface area contributed by atoms with Crippen molar-refractivity contribution in [3.05, 3.63) is 146 Å². The minimum atomic E-state index is -4.36. The van der Waals surface area contributed by atoms with E-state index in [0.717, 1.165) is 103 Å². The van der Waals surface area contributed by atoms with E-state index >= 15 is 0 Å². The fourth-order valence-corrected chi connectivity index (χ4v) is 6.12. The second-order valence-corrected chi connectivity index (χ2v) is 17.5. The van der Waals surface area contributed by atoms with E-state index in [1.165, 1.54) is 0 Å². The molecule has 0 aromatic heterocycles. The van der Waals surface area contributed by atoms with Crippen LogP contribution in [0.15, 0.2) is 146 Å². The van der Waals surface area contributed by atoms with E-state index in [1.54, 1.807) is 6.08 Å². The summed E-state index contributed by atoms with van der Waals surface area (Å²) < 4.78 is 23.4. The van der Waals surface area contributed by atoms with Crippen molar-refractivity contribution < 1.29 is 32.9 Å². The Kier molecular flexibility index (Phi) is 40.2. The summed E-state index contributed by atoms with van der Waals surface area (Å²) in [7, 11) is 1.49. The summed E-state index contributed by atoms with van der Waals surface area (Å²) in [6.45, 7) is 4.48. The average Bonchev–Trinajstić information content (AvgIpc) is 3.23. The highest BCUT2D eigenvalue weighted by Gasteiger charge is 2.27. The molecule has 0 aromatic carbocycles. The Morgan fingerprint density at radius 3 is 1.40 bits per heavy atom. The number of amides is 1. The molecule has 348 valence electrons. The van der Waals surface area contributed by atoms with E-state index in [9.17, 15) is 19.4 Å². The van der Waals surface area contributed by atoms with Gasteiger partial charge in [-0.3, -0.25) is 13.8 Å². The zero-order valence-corrected chi connectivity index (χ0v) is 40.2. The molecule has 0 spiro atoms. The monoisotopic (exact) mass is 878 g/mol. The highest BCUT2D eigenvalue weighted by Crippen LogP contribution is 2.43. The van der Waals surface area contributed by atoms with Crippen molar-refractivity contribution in [1.82, 2.24) is 5.32 Å². The van der Waals surface area contributed by atoms with Crippen molar-refractivity contribution >= 4 is 13.7 Å². The average molecular weight is 878 g/mol. The first-order valence-electron chi connectivity index (χ1n) is 23.2. The van der Waals surface area contributed by atoms with Crippen molar-refractivity contribution in [2.75, 3.05) is 40.9 Å². The minimum absolute atomic E-state index is 0.0378. The largest absolute Gasteiger partial charge is 0.472 e. The number of nitrogens with zero attached hydrogens (tertiary/aromatic N) is 1. The molecule has 8 nitrogen and oxygen atoms in total. The van der Waals surface area contributed by atoms with Gasteiger partial charge in [0.2, 0.25) is 5.91 Å². The number of aliphatic hydroxyl groups excluding tert-OH is 1. The van der Waals surface area contributed by atoms with Gasteiger partial charge in [-0.15, -0.1) is 0 Å². The van der Waals surface area contributed by atoms with Crippen LogP contribution in [0.2, 0.25) is 0 Å². The lowest BCUT2D eigenvalue weighted by atomic mass is 10.1. The number of carbonyl (C=O) groups is 1. The number of allylic oxidation sites excluding steroid dienone is 23. The van der Waals surface area contributed by atoms with Gasteiger partial charge in [-0.05, 0) is 103 Å². The Hall–Kier alpha value is -3.62. The molecule has 62 heavy (non-hydrogen) atoms. The SMILES string of the molecule is CC/C=C\C/C=C\C/C=C\C/C=C\C/C=C\C/C=C\C/C=C\C/C=C\C/C=C\C/C=C\CCCCC(=O)NC(COP(=O)(O)OCC[N+](C)(C)C)C(O)/C=C/CC/C=C/CCC. The molecule has 0 saturated heterocycles. The van der Waals surface area contributed by atoms with Crippen molar-refractivity contribution in [1.29, 1.82) is 0 Å². The van der Waals surface area contributed by atoms with E-state index in [1.807, 2.05) is 27.2 Å². The maximum atomic E-state index is 12.8. The first kappa shape index (κ1) is 58.4. The predicted octanol–water partition coefficient (Wildman–Crippen LogP) is 13.4. The van der Waals surface area contributed by atoms with Crippen LogP contribution in [0.3, 0.4) is 0 Å². The zero-order valence-electron chi connectivity index (χ0n) is 39.3. The maximum Gasteiger partial charge on any atom is 0.472 e. The van der Waals surface area contributed by atoms with Gasteiger partial charge in [-0.1, -0.05) is 166 Å². The van der Waals surface area contributed by atoms with Gasteiger partial charge in [-0.2, -0.15) is 0 Å². The number of aliphatic hydroxyl groups is 1. The van der Waals surface area contributed by atoms with Crippen LogP contribution in [-0.2, 0) is 18.4 Å². The second-order valence-electron chi connectivity index (χ2n) is 16.0. The third-order valence-corrected chi connectivity index (χ3v) is 10.0. The third kappa shape index (κ3) is 44.4. The first-order chi connectivity index (χ1) is 30.0. The van der Waals surface area contributed by atoms with Gasteiger partial charge < -0.3 is 19.8 Å². The van der Waals surface area contributed by atoms with Crippen molar-refractivity contribution in [3.63, 3.8) is 0 Å². The molecule has 0 aromatic rings. The number of quaternary nitrogens is 1. The summed E-state index contributed by atoms with van der Waals surface area (Å²) in [5, 5.41) is 13.6. The summed E-state index contributed by atoms with van der Waals surface area (Å²) >= 11 is 0. The molecule has 0 aliphatic heterocycles. The number of hydrogen-bond acceptors (Lipinski definition) is 5. The molecule has 3 unspecified atom stereocenters. The summed E-state index contributed by atoms with van der Waals surface area (Å²) in [6, 6.07) is -0.895. The Morgan fingerprint density at radius 1 is 0.565 bits per heavy atom. The quantitative estimate of drug-likeness (QED) is 0.0246. The summed E-state index contributed by atoms with van der Waals surface area (Å²) in [5.41, 5.74) is 0. The highest BCUT2D eigenvalue weighted by molar-refractivity contribution is 7.47. The molecule has 0 heterocycles. The molecule has 0 aliphatic rings. The number of phosphoric ester groups is 1. The van der Waals surface area contributed by atoms with Crippen LogP contribution in [0.4, 0.5) is 0 Å². The van der Waals surface area contributed by atoms with E-state index in [2.05, 4.69) is 153 Å². The van der Waals surface area contributed by atoms with Gasteiger partial charge in [0.15, 0.2) is 0 Å². The Bertz CT molecular complexity index is 1510. The minimum Gasteiger partial charge on any atom is -0.387 e. The highest BCUT2D eigenvalue weighted by atomic mass is 31.2. The summed E-state index contributed by atoms with van der Waals surface area (Å²) in [6.07, 6.45) is 66.8. The van der Waals surface area contributed by atoms with Gasteiger partial charge in [-0.25, -0.2) is 4.57 Å². The van der Waals surface area contributed by atoms with Crippen LogP contribution >= 0.6 is 7.82 Å². The van der Waals surface area contributed by atoms with E-state index in [-0.39, 0.29) is 25.5 Å². The number of carbonyl (C=O) groups excluding carboxylic acids is 1. The Balaban J connectivity index is 4.26. The van der Waals surface area contributed by atoms with Gasteiger partial charge in [0, 0.05) is 6.42 Å². The molecule has 0 bridgehead atoms. The lowest BCUT2D eigenvalue weighted by Crippen LogP contribution is -2.45. The first-order valence-corrected chi connectivity index (χ1v) is 24.7. The lowest BCUT2D eigenvalue weighted by molar-refractivity contribution is -0.870. The number of rotatable bonds is 39. The summed E-state index contributed by atoms with van der Waals surface area (Å²) in [4.78, 5) is 23.0. The maximum absolute atomic E-state index is 12.8. The van der Waals surface area contributed by atoms with Crippen molar-refractivity contribution in [2.24, 2.45) is 0 Å². The van der Waals surface area contributed by atoms with Gasteiger partial charge >= 0.3 is 7.82 Å². The van der Waals surface area contributed by atoms with Crippen LogP contribution in [0.1, 0.15) is 129 Å². The molecule has 3 atom stereocenters. The molecule has 3 N–H and O–H groups in total. The number of nitrogens with one attached hydrogen (secondary N) is 1. The van der Waals surface area contributed by atoms with Crippen molar-refractivity contribution in [3.8, 4) is 0 Å². The summed E-state index contributed by atoms with van der Waals surface area (Å²) in [5.74, 6) is -0.243. The topological polar surface area (TPSA) is 105 Å². The molecule has 0 fully saturated rings. The third-order valence-electron chi connectivity index (χ3n) is 9.02. The van der Waals surface area contributed by atoms with Crippen LogP contribution in [-0.4, -0.2) is 73.4 Å². The standard InChI is InChI=1S/C53H85N2O6P/c1-6-8-10-12-14-15-16-17-18-19-20-21-22-23-24-25-26-27-28-29-30-31-32-33-34-35-36-37-38-39-41-43-45-47-53(57)54-51(52(56)46-44-42-40-13-11-9-7-2)50-61-62(58,59)60-49-48-55(3,4)5/h8,10-11,13-15,17-18,20-21,23-24,26-27,29-30,32-33,35-36,38-39,44,46,51-52,56H,6-7,9,12,16,19,22,25,28,31,34,37,40-43,45,47-50H2,1-5H3,(H-,54,57,58,59)/p+1/b10-8-,13-11+,15-14-,18-17-,21-20-,24-23-,27-26-,30-29-,33-32-,36-35-,39-38-,46-44+. The molecular weight excluding hydrogens is 792 g/mol. The molecule has 0 radical (unpaired) electrons. The smallest absolute Gasteiger partial charge is 0.387 e. The molecule has 9 heteroatoms. The lowest BCUT2D eigenvalue weighted by Gasteiger charge is -2.25. The molecule has 0 saturated carbocycles. The fourth-order valence-electron chi connectivity index (χ4n) is 5.38. The Morgan fingerprint density at radius 2 is 0.968 bits per heavy atom. The van der Waals surface area contributed by atoms with Crippen LogP contribution < -0.4 is 5.32 Å². The van der Waals surface area contributed by atoms with Crippen LogP contribution in [0, 0.1) is 0 Å². The number of hydrogen-bond donors (Lipinski definition) is 3. The van der Waals surface area contributed by atoms with E-state index in [0.29, 0.717) is 17.4 Å². The molecule has 1 amide bonds. The number of likely N-dealkylation sites (N-methyl/N-ethyl adjacent to an activating group) is 1. The van der Waals surface area contributed by atoms with Gasteiger partial charge in [0.25, 0.3) is 0 Å². The van der Waals surface area contributed by atoms with Crippen LogP contribution in [0.5, 0.6) is 0 Å². The fraction of sp³-hybridized carbons (Fsp3) is 0.528. The Labute approximate surface area is 378 Å². The predicted molar refractivity (Wildman–Crippen MR) is 267 cm³/mol. The van der Waals surface area contributed by atoms with E-state index < -0.39 is 20.0 Å². The number of unbranched alkanes of at least 4 members (excludes halogenated alkanes) is 4. The molecular formula is C53H86N2O6P+. The van der Waals surface area contributed by atoms with Gasteiger partial charge in [0.1, 0.15) is 13.2 Å². The molecule has 0 aliphatic carbocycles. The number of phosphoric acid groups is 1. The normalized spacial score (nSPS) is 15.5. The van der Waals surface area contributed by atoms with Gasteiger partial charge in [0.05, 0.1) is 39.9 Å². The van der Waals surface area contributed by atoms with Crippen molar-refractivity contribution in [2.45, 2.75) is 142 Å². The second kappa shape index (κ2) is 42.7.